The van der Waals surface area contributed by atoms with Gasteiger partial charge in [-0.2, -0.15) is 11.8 Å². The van der Waals surface area contributed by atoms with Crippen LogP contribution in [-0.2, 0) is 0 Å². The number of hydrogen-bond donors (Lipinski definition) is 2. The highest BCUT2D eigenvalue weighted by Gasteiger charge is 2.14. The Morgan fingerprint density at radius 1 is 1.32 bits per heavy atom. The van der Waals surface area contributed by atoms with Gasteiger partial charge in [0.15, 0.2) is 0 Å². The summed E-state index contributed by atoms with van der Waals surface area (Å²) in [4.78, 5) is 11.7. The molecule has 2 amide bonds. The third-order valence-electron chi connectivity index (χ3n) is 3.17. The number of hydrogen-bond acceptors (Lipinski definition) is 2. The van der Waals surface area contributed by atoms with Crippen molar-refractivity contribution in [2.24, 2.45) is 0 Å². The molecule has 0 aromatic heterocycles. The SMILES string of the molecule is O=C(NCCSC1CCCC1)Nc1ccccc1Cl. The van der Waals surface area contributed by atoms with Crippen LogP contribution in [-0.4, -0.2) is 23.6 Å². The highest BCUT2D eigenvalue weighted by Crippen LogP contribution is 2.28. The van der Waals surface area contributed by atoms with E-state index >= 15 is 0 Å². The minimum atomic E-state index is -0.194. The molecule has 0 heterocycles. The fourth-order valence-corrected chi connectivity index (χ4v) is 3.58. The van der Waals surface area contributed by atoms with Crippen molar-refractivity contribution < 1.29 is 4.79 Å². The second-order valence-corrected chi connectivity index (χ2v) is 6.45. The Morgan fingerprint density at radius 2 is 2.05 bits per heavy atom. The fraction of sp³-hybridized carbons (Fsp3) is 0.500. The van der Waals surface area contributed by atoms with Crippen LogP contribution in [0.15, 0.2) is 24.3 Å². The summed E-state index contributed by atoms with van der Waals surface area (Å²) < 4.78 is 0. The van der Waals surface area contributed by atoms with E-state index in [4.69, 9.17) is 11.6 Å². The molecule has 104 valence electrons. The van der Waals surface area contributed by atoms with Gasteiger partial charge in [-0.25, -0.2) is 4.79 Å². The molecule has 1 saturated carbocycles. The first-order valence-electron chi connectivity index (χ1n) is 6.66. The van der Waals surface area contributed by atoms with Crippen LogP contribution in [0.2, 0.25) is 5.02 Å². The quantitative estimate of drug-likeness (QED) is 0.802. The van der Waals surface area contributed by atoms with Gasteiger partial charge in [0.1, 0.15) is 0 Å². The van der Waals surface area contributed by atoms with Gasteiger partial charge in [0.05, 0.1) is 10.7 Å². The van der Waals surface area contributed by atoms with Crippen molar-refractivity contribution in [1.82, 2.24) is 5.32 Å². The normalized spacial score (nSPS) is 15.4. The van der Waals surface area contributed by atoms with Crippen molar-refractivity contribution in [1.29, 1.82) is 0 Å². The summed E-state index contributed by atoms with van der Waals surface area (Å²) in [5.74, 6) is 0.973. The number of rotatable bonds is 5. The van der Waals surface area contributed by atoms with Crippen molar-refractivity contribution in [3.8, 4) is 0 Å². The van der Waals surface area contributed by atoms with Crippen molar-refractivity contribution in [2.45, 2.75) is 30.9 Å². The Morgan fingerprint density at radius 3 is 2.79 bits per heavy atom. The van der Waals surface area contributed by atoms with E-state index in [2.05, 4.69) is 10.6 Å². The number of amides is 2. The first-order valence-corrected chi connectivity index (χ1v) is 8.09. The minimum absolute atomic E-state index is 0.194. The molecular formula is C14H19ClN2OS. The largest absolute Gasteiger partial charge is 0.337 e. The molecule has 0 radical (unpaired) electrons. The molecule has 0 bridgehead atoms. The zero-order valence-electron chi connectivity index (χ0n) is 10.8. The van der Waals surface area contributed by atoms with Gasteiger partial charge in [-0.1, -0.05) is 36.6 Å². The molecule has 0 unspecified atom stereocenters. The van der Waals surface area contributed by atoms with Crippen LogP contribution in [0, 0.1) is 0 Å². The first kappa shape index (κ1) is 14.5. The van der Waals surface area contributed by atoms with E-state index in [1.807, 2.05) is 23.9 Å². The van der Waals surface area contributed by atoms with Crippen LogP contribution in [0.4, 0.5) is 10.5 Å². The summed E-state index contributed by atoms with van der Waals surface area (Å²) in [6.07, 6.45) is 5.38. The van der Waals surface area contributed by atoms with Crippen molar-refractivity contribution in [2.75, 3.05) is 17.6 Å². The van der Waals surface area contributed by atoms with Crippen LogP contribution in [0.1, 0.15) is 25.7 Å². The Balaban J connectivity index is 1.63. The molecule has 19 heavy (non-hydrogen) atoms. The van der Waals surface area contributed by atoms with Gasteiger partial charge in [0, 0.05) is 17.5 Å². The van der Waals surface area contributed by atoms with Gasteiger partial charge in [-0.3, -0.25) is 0 Å². The lowest BCUT2D eigenvalue weighted by Gasteiger charge is -2.10. The average molecular weight is 299 g/mol. The Hall–Kier alpha value is -0.870. The molecule has 2 rings (SSSR count). The van der Waals surface area contributed by atoms with E-state index in [-0.39, 0.29) is 6.03 Å². The lowest BCUT2D eigenvalue weighted by molar-refractivity contribution is 0.252. The molecule has 0 atom stereocenters. The van der Waals surface area contributed by atoms with Crippen molar-refractivity contribution >= 4 is 35.1 Å². The van der Waals surface area contributed by atoms with Gasteiger partial charge >= 0.3 is 6.03 Å². The van der Waals surface area contributed by atoms with Gasteiger partial charge in [0.2, 0.25) is 0 Å². The Labute approximate surface area is 123 Å². The predicted octanol–water partition coefficient (Wildman–Crippen LogP) is 4.14. The standard InChI is InChI=1S/C14H19ClN2OS/c15-12-7-3-4-8-13(12)17-14(18)16-9-10-19-11-5-1-2-6-11/h3-4,7-8,11H,1-2,5-6,9-10H2,(H2,16,17,18). The summed E-state index contributed by atoms with van der Waals surface area (Å²) in [5.41, 5.74) is 0.644. The molecule has 0 aliphatic heterocycles. The number of nitrogens with one attached hydrogen (secondary N) is 2. The topological polar surface area (TPSA) is 41.1 Å². The molecular weight excluding hydrogens is 280 g/mol. The molecule has 1 fully saturated rings. The van der Waals surface area contributed by atoms with Crippen LogP contribution >= 0.6 is 23.4 Å². The monoisotopic (exact) mass is 298 g/mol. The molecule has 3 nitrogen and oxygen atoms in total. The second-order valence-electron chi connectivity index (χ2n) is 4.64. The molecule has 1 aromatic rings. The van der Waals surface area contributed by atoms with Crippen LogP contribution in [0.3, 0.4) is 0 Å². The number of halogens is 1. The van der Waals surface area contributed by atoms with Crippen LogP contribution in [0.25, 0.3) is 0 Å². The Bertz CT molecular complexity index is 422. The van der Waals surface area contributed by atoms with E-state index in [9.17, 15) is 4.79 Å². The number of benzene rings is 1. The van der Waals surface area contributed by atoms with Crippen molar-refractivity contribution in [3.05, 3.63) is 29.3 Å². The van der Waals surface area contributed by atoms with E-state index in [0.717, 1.165) is 11.0 Å². The van der Waals surface area contributed by atoms with Gasteiger partial charge in [-0.15, -0.1) is 0 Å². The van der Waals surface area contributed by atoms with E-state index in [0.29, 0.717) is 17.3 Å². The maximum Gasteiger partial charge on any atom is 0.319 e. The number of carbonyl (C=O) groups is 1. The van der Waals surface area contributed by atoms with E-state index in [1.54, 1.807) is 12.1 Å². The summed E-state index contributed by atoms with van der Waals surface area (Å²) >= 11 is 7.94. The molecule has 1 aromatic carbocycles. The lowest BCUT2D eigenvalue weighted by Crippen LogP contribution is -2.30. The van der Waals surface area contributed by atoms with Crippen LogP contribution < -0.4 is 10.6 Å². The molecule has 1 aliphatic carbocycles. The number of para-hydroxylation sites is 1. The third-order valence-corrected chi connectivity index (χ3v) is 4.88. The first-order chi connectivity index (χ1) is 9.25. The van der Waals surface area contributed by atoms with Crippen molar-refractivity contribution in [3.63, 3.8) is 0 Å². The highest BCUT2D eigenvalue weighted by molar-refractivity contribution is 7.99. The Kier molecular flexibility index (Phi) is 5.86. The lowest BCUT2D eigenvalue weighted by atomic mass is 10.3. The predicted molar refractivity (Wildman–Crippen MR) is 83.2 cm³/mol. The van der Waals surface area contributed by atoms with Gasteiger partial charge in [0.25, 0.3) is 0 Å². The van der Waals surface area contributed by atoms with E-state index in [1.165, 1.54) is 25.7 Å². The zero-order chi connectivity index (χ0) is 13.5. The molecule has 0 saturated heterocycles. The molecule has 1 aliphatic rings. The summed E-state index contributed by atoms with van der Waals surface area (Å²) in [5, 5.41) is 6.95. The smallest absolute Gasteiger partial charge is 0.319 e. The molecule has 5 heteroatoms. The summed E-state index contributed by atoms with van der Waals surface area (Å²) in [6, 6.07) is 7.03. The maximum atomic E-state index is 11.7. The number of carbonyl (C=O) groups excluding carboxylic acids is 1. The van der Waals surface area contributed by atoms with Crippen LogP contribution in [0.5, 0.6) is 0 Å². The highest BCUT2D eigenvalue weighted by atomic mass is 35.5. The average Bonchev–Trinajstić information content (AvgIpc) is 2.91. The maximum absolute atomic E-state index is 11.7. The second kappa shape index (κ2) is 7.65. The van der Waals surface area contributed by atoms with Gasteiger partial charge < -0.3 is 10.6 Å². The zero-order valence-corrected chi connectivity index (χ0v) is 12.4. The number of thioether (sulfide) groups is 1. The number of urea groups is 1. The molecule has 0 spiro atoms. The fourth-order valence-electron chi connectivity index (χ4n) is 2.17. The molecule has 2 N–H and O–H groups in total. The third kappa shape index (κ3) is 4.96. The summed E-state index contributed by atoms with van der Waals surface area (Å²) in [6.45, 7) is 0.692. The number of anilines is 1. The minimum Gasteiger partial charge on any atom is -0.337 e. The van der Waals surface area contributed by atoms with Gasteiger partial charge in [-0.05, 0) is 25.0 Å². The summed E-state index contributed by atoms with van der Waals surface area (Å²) in [7, 11) is 0. The van der Waals surface area contributed by atoms with E-state index < -0.39 is 0 Å².